The van der Waals surface area contributed by atoms with Crippen molar-refractivity contribution in [2.45, 2.75) is 41.5 Å². The number of hydrogen-bond acceptors (Lipinski definition) is 2. The van der Waals surface area contributed by atoms with E-state index in [2.05, 4.69) is 119 Å². The van der Waals surface area contributed by atoms with Crippen molar-refractivity contribution in [2.75, 3.05) is 22.9 Å². The van der Waals surface area contributed by atoms with Gasteiger partial charge in [0.1, 0.15) is 0 Å². The van der Waals surface area contributed by atoms with E-state index in [0.717, 1.165) is 17.2 Å². The van der Waals surface area contributed by atoms with Crippen LogP contribution in [0.5, 0.6) is 0 Å². The molecule has 0 amide bonds. The quantitative estimate of drug-likeness (QED) is 0.157. The van der Waals surface area contributed by atoms with E-state index in [-0.39, 0.29) is 7.43 Å². The molecule has 42 heavy (non-hydrogen) atoms. The molecule has 0 aromatic heterocycles. The van der Waals surface area contributed by atoms with Gasteiger partial charge in [0.2, 0.25) is 0 Å². The normalized spacial score (nSPS) is 14.1. The van der Waals surface area contributed by atoms with Crippen molar-refractivity contribution < 1.29 is 13.5 Å². The van der Waals surface area contributed by atoms with Gasteiger partial charge in [0.15, 0.2) is 0 Å². The predicted molar refractivity (Wildman–Crippen MR) is 182 cm³/mol. The fourth-order valence-corrected chi connectivity index (χ4v) is 8.74. The second-order valence-electron chi connectivity index (χ2n) is 11.0. The Morgan fingerprint density at radius 1 is 0.619 bits per heavy atom. The molecule has 1 heterocycles. The van der Waals surface area contributed by atoms with Crippen LogP contribution in [-0.2, 0) is 13.5 Å². The molecule has 6 rings (SSSR count). The fourth-order valence-electron chi connectivity index (χ4n) is 6.26. The molecule has 5 heteroatoms. The van der Waals surface area contributed by atoms with Crippen LogP contribution < -0.4 is 9.80 Å². The van der Waals surface area contributed by atoms with E-state index >= 15 is 0 Å². The van der Waals surface area contributed by atoms with E-state index in [1.165, 1.54) is 67.0 Å². The SMILES string of the molecule is Cc1cc(C)c(N2[CH-]N(c3c(C)cc(C)cc3C)CC2)c(C)c1.[CH3-].[Cl][Ru]([Cl])=[C]1C=C(c2ccccc2)c2ccccc21. The summed E-state index contributed by atoms with van der Waals surface area (Å²) in [4.78, 5) is 4.81. The molecular formula is C37H40Cl2N2Ru-2. The molecule has 0 atom stereocenters. The van der Waals surface area contributed by atoms with Gasteiger partial charge in [0.25, 0.3) is 0 Å². The summed E-state index contributed by atoms with van der Waals surface area (Å²) in [5.74, 6) is 0. The zero-order valence-corrected chi connectivity index (χ0v) is 28.8. The van der Waals surface area contributed by atoms with E-state index in [1.54, 1.807) is 0 Å². The Hall–Kier alpha value is -2.71. The van der Waals surface area contributed by atoms with E-state index in [1.807, 2.05) is 24.3 Å². The van der Waals surface area contributed by atoms with Gasteiger partial charge < -0.3 is 17.2 Å². The molecular weight excluding hydrogens is 644 g/mol. The van der Waals surface area contributed by atoms with Crippen LogP contribution in [0.3, 0.4) is 0 Å². The first kappa shape index (κ1) is 32.2. The van der Waals surface area contributed by atoms with Gasteiger partial charge in [-0.05, 0) is 63.8 Å². The summed E-state index contributed by atoms with van der Waals surface area (Å²) in [5, 5.41) is 0. The second-order valence-corrected chi connectivity index (χ2v) is 16.8. The average molecular weight is 685 g/mol. The van der Waals surface area contributed by atoms with Crippen LogP contribution in [0.4, 0.5) is 11.4 Å². The molecule has 1 aliphatic heterocycles. The number of fused-ring (bicyclic) bond motifs is 1. The average Bonchev–Trinajstić information content (AvgIpc) is 3.54. The van der Waals surface area contributed by atoms with Crippen molar-refractivity contribution >= 4 is 40.4 Å². The standard InChI is InChI=1S/C21H27N2.C15H10.CH3.2ClH.Ru/c1-14-9-16(3)20(17(4)10-14)22-7-8-23(13-22)21-18(5)11-15(2)12-19(21)6;1-2-6-12(7-3-1)15-11-10-13-8-4-5-9-14(13)15;;;;/h9-13H,7-8H2,1-6H3;1-9,11H;1H3;2*1H;/q-1;;-1;;;+2/p-2. The molecule has 0 bridgehead atoms. The Bertz CT molecular complexity index is 1540. The number of nitrogens with zero attached hydrogens (tertiary/aromatic N) is 2. The maximum absolute atomic E-state index is 6.19. The van der Waals surface area contributed by atoms with Crippen LogP contribution in [-0.4, -0.2) is 17.2 Å². The minimum atomic E-state index is -1.88. The van der Waals surface area contributed by atoms with E-state index < -0.39 is 13.5 Å². The summed E-state index contributed by atoms with van der Waals surface area (Å²) in [7, 11) is 12.4. The number of allylic oxidation sites excluding steroid dienone is 1. The van der Waals surface area contributed by atoms with Crippen molar-refractivity contribution in [2.24, 2.45) is 0 Å². The summed E-state index contributed by atoms with van der Waals surface area (Å²) in [6.45, 7) is 17.6. The van der Waals surface area contributed by atoms with Crippen LogP contribution in [0.25, 0.3) is 5.57 Å². The molecule has 2 nitrogen and oxygen atoms in total. The van der Waals surface area contributed by atoms with Gasteiger partial charge in [-0.3, -0.25) is 0 Å². The van der Waals surface area contributed by atoms with Crippen LogP contribution in [0.2, 0.25) is 0 Å². The summed E-state index contributed by atoms with van der Waals surface area (Å²) in [5.41, 5.74) is 15.7. The summed E-state index contributed by atoms with van der Waals surface area (Å²) < 4.78 is 1.12. The van der Waals surface area contributed by atoms with Crippen molar-refractivity contribution in [3.8, 4) is 0 Å². The number of benzene rings is 4. The fraction of sp³-hybridized carbons (Fsp3) is 0.216. The van der Waals surface area contributed by atoms with Crippen molar-refractivity contribution in [3.63, 3.8) is 0 Å². The van der Waals surface area contributed by atoms with Gasteiger partial charge in [-0.15, -0.1) is 0 Å². The van der Waals surface area contributed by atoms with Gasteiger partial charge >= 0.3 is 120 Å². The third-order valence-corrected chi connectivity index (χ3v) is 10.8. The van der Waals surface area contributed by atoms with Gasteiger partial charge in [-0.1, -0.05) is 35.4 Å². The molecule has 0 N–H and O–H groups in total. The molecule has 4 aromatic carbocycles. The minimum absolute atomic E-state index is 0. The van der Waals surface area contributed by atoms with E-state index in [9.17, 15) is 0 Å². The predicted octanol–water partition coefficient (Wildman–Crippen LogP) is 10.0. The molecule has 4 aromatic rings. The molecule has 0 saturated carbocycles. The van der Waals surface area contributed by atoms with E-state index in [4.69, 9.17) is 19.4 Å². The Labute approximate surface area is 266 Å². The first-order valence-electron chi connectivity index (χ1n) is 13.9. The Morgan fingerprint density at radius 2 is 1.05 bits per heavy atom. The van der Waals surface area contributed by atoms with Gasteiger partial charge in [0.05, 0.1) is 0 Å². The maximum atomic E-state index is 6.19. The van der Waals surface area contributed by atoms with Crippen molar-refractivity contribution in [1.29, 1.82) is 0 Å². The first-order valence-corrected chi connectivity index (χ1v) is 19.3. The van der Waals surface area contributed by atoms with Crippen molar-refractivity contribution in [1.82, 2.24) is 0 Å². The molecule has 0 radical (unpaired) electrons. The Balaban J connectivity index is 0.000000193. The van der Waals surface area contributed by atoms with Gasteiger partial charge in [-0.25, -0.2) is 0 Å². The molecule has 2 aliphatic rings. The first-order chi connectivity index (χ1) is 19.6. The Kier molecular flexibility index (Phi) is 10.5. The zero-order chi connectivity index (χ0) is 29.3. The van der Waals surface area contributed by atoms with E-state index in [0.29, 0.717) is 0 Å². The summed E-state index contributed by atoms with van der Waals surface area (Å²) >= 11 is -1.88. The monoisotopic (exact) mass is 684 g/mol. The zero-order valence-electron chi connectivity index (χ0n) is 25.6. The van der Waals surface area contributed by atoms with Crippen LogP contribution in [0, 0.1) is 55.6 Å². The summed E-state index contributed by atoms with van der Waals surface area (Å²) in [6, 6.07) is 27.8. The topological polar surface area (TPSA) is 6.48 Å². The molecule has 1 fully saturated rings. The van der Waals surface area contributed by atoms with Gasteiger partial charge in [0, 0.05) is 24.5 Å². The molecule has 0 spiro atoms. The number of anilines is 2. The summed E-state index contributed by atoms with van der Waals surface area (Å²) in [6.07, 6.45) is 2.15. The molecule has 222 valence electrons. The van der Waals surface area contributed by atoms with Crippen molar-refractivity contribution in [3.05, 3.63) is 149 Å². The van der Waals surface area contributed by atoms with Gasteiger partial charge in [-0.2, -0.15) is 6.67 Å². The molecule has 1 aliphatic carbocycles. The van der Waals surface area contributed by atoms with Crippen LogP contribution >= 0.6 is 19.4 Å². The third-order valence-electron chi connectivity index (χ3n) is 7.67. The molecule has 1 saturated heterocycles. The number of rotatable bonds is 3. The second kappa shape index (κ2) is 13.7. The Morgan fingerprint density at radius 3 is 1.50 bits per heavy atom. The third kappa shape index (κ3) is 6.75. The molecule has 0 unspecified atom stereocenters. The number of halogens is 2. The van der Waals surface area contributed by atoms with Crippen LogP contribution in [0.15, 0.2) is 84.9 Å². The number of aryl methyl sites for hydroxylation is 6. The number of hydrogen-bond donors (Lipinski definition) is 0. The van der Waals surface area contributed by atoms with Crippen LogP contribution in [0.1, 0.15) is 50.1 Å².